The highest BCUT2D eigenvalue weighted by atomic mass is 16.2. The van der Waals surface area contributed by atoms with E-state index in [2.05, 4.69) is 13.2 Å². The van der Waals surface area contributed by atoms with E-state index in [0.29, 0.717) is 6.54 Å². The maximum atomic E-state index is 10.8. The molecule has 0 aliphatic rings. The summed E-state index contributed by atoms with van der Waals surface area (Å²) in [5.41, 5.74) is 0. The third kappa shape index (κ3) is 3.07. The van der Waals surface area contributed by atoms with E-state index < -0.39 is 0 Å². The SMILES string of the molecule is C=CCCN(C)C(=O)C=C. The topological polar surface area (TPSA) is 20.3 Å². The summed E-state index contributed by atoms with van der Waals surface area (Å²) in [5, 5.41) is 0. The Morgan fingerprint density at radius 3 is 2.60 bits per heavy atom. The molecule has 0 rings (SSSR count). The van der Waals surface area contributed by atoms with Crippen LogP contribution in [0.1, 0.15) is 6.42 Å². The van der Waals surface area contributed by atoms with Crippen molar-refractivity contribution < 1.29 is 4.79 Å². The zero-order valence-corrected chi connectivity index (χ0v) is 6.34. The predicted octanol–water partition coefficient (Wildman–Crippen LogP) is 1.21. The summed E-state index contributed by atoms with van der Waals surface area (Å²) < 4.78 is 0. The molecule has 0 spiro atoms. The van der Waals surface area contributed by atoms with E-state index in [-0.39, 0.29) is 5.91 Å². The maximum Gasteiger partial charge on any atom is 0.245 e. The molecule has 0 saturated heterocycles. The molecule has 0 heterocycles. The average molecular weight is 139 g/mol. The Labute approximate surface area is 61.8 Å². The summed E-state index contributed by atoms with van der Waals surface area (Å²) in [7, 11) is 1.74. The standard InChI is InChI=1S/C8H13NO/c1-4-6-7-9(3)8(10)5-2/h4-5H,1-2,6-7H2,3H3. The number of carbonyl (C=O) groups excluding carboxylic acids is 1. The number of hydrogen-bond donors (Lipinski definition) is 0. The van der Waals surface area contributed by atoms with E-state index in [1.165, 1.54) is 6.08 Å². The number of likely N-dealkylation sites (N-methyl/N-ethyl adjacent to an activating group) is 1. The Bertz CT molecular complexity index is 140. The molecule has 1 amide bonds. The maximum absolute atomic E-state index is 10.8. The quantitative estimate of drug-likeness (QED) is 0.423. The number of carbonyl (C=O) groups is 1. The van der Waals surface area contributed by atoms with Gasteiger partial charge in [-0.3, -0.25) is 4.79 Å². The van der Waals surface area contributed by atoms with Gasteiger partial charge in [-0.2, -0.15) is 0 Å². The predicted molar refractivity (Wildman–Crippen MR) is 42.6 cm³/mol. The first-order chi connectivity index (χ1) is 4.72. The lowest BCUT2D eigenvalue weighted by Gasteiger charge is -2.12. The fourth-order valence-electron chi connectivity index (χ4n) is 0.551. The van der Waals surface area contributed by atoms with Crippen LogP contribution in [0.2, 0.25) is 0 Å². The van der Waals surface area contributed by atoms with Gasteiger partial charge < -0.3 is 4.90 Å². The first-order valence-electron chi connectivity index (χ1n) is 3.20. The van der Waals surface area contributed by atoms with Crippen molar-refractivity contribution in [3.63, 3.8) is 0 Å². The lowest BCUT2D eigenvalue weighted by molar-refractivity contribution is -0.124. The molecular formula is C8H13NO. The molecule has 2 nitrogen and oxygen atoms in total. The van der Waals surface area contributed by atoms with Gasteiger partial charge in [-0.15, -0.1) is 6.58 Å². The highest BCUT2D eigenvalue weighted by Crippen LogP contribution is 1.88. The molecule has 0 fully saturated rings. The van der Waals surface area contributed by atoms with Gasteiger partial charge in [0.25, 0.3) is 0 Å². The first-order valence-corrected chi connectivity index (χ1v) is 3.20. The summed E-state index contributed by atoms with van der Waals surface area (Å²) in [4.78, 5) is 12.4. The lowest BCUT2D eigenvalue weighted by Crippen LogP contribution is -2.25. The normalized spacial score (nSPS) is 8.50. The van der Waals surface area contributed by atoms with E-state index in [1.807, 2.05) is 0 Å². The minimum atomic E-state index is -0.0400. The van der Waals surface area contributed by atoms with Gasteiger partial charge in [-0.05, 0) is 12.5 Å². The van der Waals surface area contributed by atoms with Crippen LogP contribution in [0.5, 0.6) is 0 Å². The Kier molecular flexibility index (Phi) is 4.29. The van der Waals surface area contributed by atoms with Crippen molar-refractivity contribution in [2.24, 2.45) is 0 Å². The fraction of sp³-hybridized carbons (Fsp3) is 0.375. The van der Waals surface area contributed by atoms with Gasteiger partial charge in [0, 0.05) is 13.6 Å². The van der Waals surface area contributed by atoms with Crippen LogP contribution in [0, 0.1) is 0 Å². The monoisotopic (exact) mass is 139 g/mol. The molecule has 0 atom stereocenters. The summed E-state index contributed by atoms with van der Waals surface area (Å²) in [5.74, 6) is -0.0400. The Hall–Kier alpha value is -1.05. The molecule has 0 aliphatic heterocycles. The molecule has 56 valence electrons. The third-order valence-corrected chi connectivity index (χ3v) is 1.22. The first kappa shape index (κ1) is 8.95. The smallest absolute Gasteiger partial charge is 0.245 e. The van der Waals surface area contributed by atoms with Crippen LogP contribution in [0.4, 0.5) is 0 Å². The Morgan fingerprint density at radius 1 is 1.60 bits per heavy atom. The number of rotatable bonds is 4. The Morgan fingerprint density at radius 2 is 2.20 bits per heavy atom. The number of amides is 1. The van der Waals surface area contributed by atoms with Crippen LogP contribution in [0.3, 0.4) is 0 Å². The van der Waals surface area contributed by atoms with Gasteiger partial charge in [0.05, 0.1) is 0 Å². The third-order valence-electron chi connectivity index (χ3n) is 1.22. The molecule has 0 N–H and O–H groups in total. The number of nitrogens with zero attached hydrogens (tertiary/aromatic N) is 1. The molecule has 2 heteroatoms. The zero-order valence-electron chi connectivity index (χ0n) is 6.34. The van der Waals surface area contributed by atoms with E-state index in [1.54, 1.807) is 18.0 Å². The average Bonchev–Trinajstić information content (AvgIpc) is 1.98. The molecule has 0 radical (unpaired) electrons. The van der Waals surface area contributed by atoms with Crippen LogP contribution >= 0.6 is 0 Å². The van der Waals surface area contributed by atoms with Crippen LogP contribution in [0.25, 0.3) is 0 Å². The highest BCUT2D eigenvalue weighted by molar-refractivity contribution is 5.86. The molecule has 0 unspecified atom stereocenters. The van der Waals surface area contributed by atoms with Gasteiger partial charge in [-0.25, -0.2) is 0 Å². The van der Waals surface area contributed by atoms with E-state index in [4.69, 9.17) is 0 Å². The van der Waals surface area contributed by atoms with Gasteiger partial charge >= 0.3 is 0 Å². The molecule has 0 aromatic rings. The second-order valence-electron chi connectivity index (χ2n) is 2.04. The number of hydrogen-bond acceptors (Lipinski definition) is 1. The molecule has 10 heavy (non-hydrogen) atoms. The van der Waals surface area contributed by atoms with Crippen LogP contribution in [0.15, 0.2) is 25.3 Å². The Balaban J connectivity index is 3.60. The minimum absolute atomic E-state index is 0.0400. The second-order valence-corrected chi connectivity index (χ2v) is 2.04. The molecule has 0 saturated carbocycles. The summed E-state index contributed by atoms with van der Waals surface area (Å²) in [6, 6.07) is 0. The van der Waals surface area contributed by atoms with Crippen molar-refractivity contribution in [1.82, 2.24) is 4.90 Å². The van der Waals surface area contributed by atoms with Crippen molar-refractivity contribution in [3.8, 4) is 0 Å². The van der Waals surface area contributed by atoms with E-state index >= 15 is 0 Å². The van der Waals surface area contributed by atoms with Crippen LogP contribution in [-0.2, 0) is 4.79 Å². The van der Waals surface area contributed by atoms with Crippen molar-refractivity contribution in [2.75, 3.05) is 13.6 Å². The summed E-state index contributed by atoms with van der Waals surface area (Å²) in [6.07, 6.45) is 3.92. The van der Waals surface area contributed by atoms with Crippen molar-refractivity contribution >= 4 is 5.91 Å². The molecular weight excluding hydrogens is 126 g/mol. The largest absolute Gasteiger partial charge is 0.342 e. The van der Waals surface area contributed by atoms with E-state index in [9.17, 15) is 4.79 Å². The van der Waals surface area contributed by atoms with Gasteiger partial charge in [-0.1, -0.05) is 12.7 Å². The van der Waals surface area contributed by atoms with Gasteiger partial charge in [0.2, 0.25) is 5.91 Å². The van der Waals surface area contributed by atoms with Crippen molar-refractivity contribution in [3.05, 3.63) is 25.3 Å². The summed E-state index contributed by atoms with van der Waals surface area (Å²) >= 11 is 0. The molecule has 0 aromatic carbocycles. The van der Waals surface area contributed by atoms with Crippen LogP contribution in [-0.4, -0.2) is 24.4 Å². The van der Waals surface area contributed by atoms with Gasteiger partial charge in [0.1, 0.15) is 0 Å². The molecule has 0 aromatic heterocycles. The zero-order chi connectivity index (χ0) is 7.98. The summed E-state index contributed by atoms with van der Waals surface area (Å²) in [6.45, 7) is 7.64. The van der Waals surface area contributed by atoms with Crippen LogP contribution < -0.4 is 0 Å². The van der Waals surface area contributed by atoms with E-state index in [0.717, 1.165) is 6.42 Å². The fourth-order valence-corrected chi connectivity index (χ4v) is 0.551. The molecule has 0 aliphatic carbocycles. The minimum Gasteiger partial charge on any atom is -0.342 e. The molecule has 0 bridgehead atoms. The lowest BCUT2D eigenvalue weighted by atomic mass is 10.4. The second kappa shape index (κ2) is 4.79. The van der Waals surface area contributed by atoms with Crippen molar-refractivity contribution in [2.45, 2.75) is 6.42 Å². The van der Waals surface area contributed by atoms with Crippen molar-refractivity contribution in [1.29, 1.82) is 0 Å². The van der Waals surface area contributed by atoms with Gasteiger partial charge in [0.15, 0.2) is 0 Å². The highest BCUT2D eigenvalue weighted by Gasteiger charge is 1.99.